The predicted molar refractivity (Wildman–Crippen MR) is 72.3 cm³/mol. The maximum Gasteiger partial charge on any atom is 0.418 e. The summed E-state index contributed by atoms with van der Waals surface area (Å²) in [6.45, 7) is 4.36. The van der Waals surface area contributed by atoms with E-state index in [1.165, 1.54) is 25.3 Å². The van der Waals surface area contributed by atoms with Crippen molar-refractivity contribution in [3.05, 3.63) is 29.1 Å². The Morgan fingerprint density at radius 1 is 1.35 bits per heavy atom. The molecule has 1 aromatic heterocycles. The van der Waals surface area contributed by atoms with Crippen LogP contribution in [0.5, 0.6) is 0 Å². The van der Waals surface area contributed by atoms with Gasteiger partial charge in [0.1, 0.15) is 0 Å². The summed E-state index contributed by atoms with van der Waals surface area (Å²) in [5.74, 6) is 0.704. The third-order valence-electron chi connectivity index (χ3n) is 4.13. The second-order valence-corrected chi connectivity index (χ2v) is 5.51. The van der Waals surface area contributed by atoms with E-state index in [9.17, 15) is 13.2 Å². The molecule has 0 saturated heterocycles. The average Bonchev–Trinajstić information content (AvgIpc) is 2.32. The van der Waals surface area contributed by atoms with Crippen LogP contribution in [-0.2, 0) is 19.1 Å². The van der Waals surface area contributed by atoms with E-state index >= 15 is 0 Å². The zero-order valence-electron chi connectivity index (χ0n) is 11.9. The summed E-state index contributed by atoms with van der Waals surface area (Å²) in [4.78, 5) is 4.15. The van der Waals surface area contributed by atoms with Crippen molar-refractivity contribution in [3.8, 4) is 0 Å². The van der Waals surface area contributed by atoms with Gasteiger partial charge in [0, 0.05) is 12.6 Å². The zero-order chi connectivity index (χ0) is 14.8. The quantitative estimate of drug-likeness (QED) is 0.886. The number of pyridine rings is 1. The van der Waals surface area contributed by atoms with Crippen LogP contribution in [0.25, 0.3) is 0 Å². The lowest BCUT2D eigenvalue weighted by Gasteiger charge is -2.32. The average molecular weight is 286 g/mol. The molecule has 1 aliphatic carbocycles. The first kappa shape index (κ1) is 15.3. The van der Waals surface area contributed by atoms with Gasteiger partial charge >= 0.3 is 6.18 Å². The van der Waals surface area contributed by atoms with E-state index < -0.39 is 11.7 Å². The largest absolute Gasteiger partial charge is 0.418 e. The molecule has 1 heterocycles. The van der Waals surface area contributed by atoms with Gasteiger partial charge in [-0.2, -0.15) is 13.2 Å². The third kappa shape index (κ3) is 3.51. The van der Waals surface area contributed by atoms with Crippen LogP contribution in [0.1, 0.15) is 50.1 Å². The van der Waals surface area contributed by atoms with Gasteiger partial charge in [0.15, 0.2) is 0 Å². The molecule has 5 heteroatoms. The summed E-state index contributed by atoms with van der Waals surface area (Å²) in [7, 11) is 0. The molecule has 0 aromatic carbocycles. The minimum Gasteiger partial charge on any atom is -0.308 e. The van der Waals surface area contributed by atoms with Crippen LogP contribution in [0, 0.1) is 5.92 Å². The van der Waals surface area contributed by atoms with E-state index in [-0.39, 0.29) is 5.69 Å². The Labute approximate surface area is 117 Å². The summed E-state index contributed by atoms with van der Waals surface area (Å²) in [5, 5.41) is 3.37. The Bertz CT molecular complexity index is 453. The highest BCUT2D eigenvalue weighted by atomic mass is 19.4. The van der Waals surface area contributed by atoms with Gasteiger partial charge in [0.2, 0.25) is 0 Å². The number of alkyl halides is 3. The molecule has 0 spiro atoms. The molecule has 1 saturated carbocycles. The van der Waals surface area contributed by atoms with Crippen molar-refractivity contribution in [2.45, 2.75) is 58.3 Å². The van der Waals surface area contributed by atoms with E-state index in [1.807, 2.05) is 0 Å². The molecule has 0 unspecified atom stereocenters. The van der Waals surface area contributed by atoms with E-state index in [1.54, 1.807) is 6.92 Å². The van der Waals surface area contributed by atoms with E-state index in [0.29, 0.717) is 30.6 Å². The van der Waals surface area contributed by atoms with E-state index in [4.69, 9.17) is 0 Å². The fraction of sp³-hybridized carbons (Fsp3) is 0.667. The molecule has 20 heavy (non-hydrogen) atoms. The molecule has 1 atom stereocenters. The van der Waals surface area contributed by atoms with Gasteiger partial charge < -0.3 is 5.32 Å². The van der Waals surface area contributed by atoms with Crippen LogP contribution in [-0.4, -0.2) is 11.0 Å². The van der Waals surface area contributed by atoms with Crippen molar-refractivity contribution < 1.29 is 13.2 Å². The molecule has 1 N–H and O–H groups in total. The molecule has 1 aromatic rings. The van der Waals surface area contributed by atoms with Gasteiger partial charge in [-0.25, -0.2) is 0 Å². The Morgan fingerprint density at radius 3 is 2.55 bits per heavy atom. The van der Waals surface area contributed by atoms with Crippen LogP contribution in [0.15, 0.2) is 12.1 Å². The van der Waals surface area contributed by atoms with Gasteiger partial charge in [-0.1, -0.05) is 13.3 Å². The zero-order valence-corrected chi connectivity index (χ0v) is 11.9. The molecule has 112 valence electrons. The first-order valence-corrected chi connectivity index (χ1v) is 7.21. The lowest BCUT2D eigenvalue weighted by molar-refractivity contribution is -0.138. The highest BCUT2D eigenvalue weighted by Crippen LogP contribution is 2.32. The van der Waals surface area contributed by atoms with Gasteiger partial charge in [-0.05, 0) is 44.2 Å². The number of halogens is 3. The highest BCUT2D eigenvalue weighted by Gasteiger charge is 2.33. The SMILES string of the molecule is CCc1nc(CN[C@@H](C)C2CCC2)ccc1C(F)(F)F. The van der Waals surface area contributed by atoms with Crippen molar-refractivity contribution in [1.29, 1.82) is 0 Å². The van der Waals surface area contributed by atoms with E-state index in [0.717, 1.165) is 6.07 Å². The smallest absolute Gasteiger partial charge is 0.308 e. The molecule has 1 aliphatic rings. The second kappa shape index (κ2) is 6.12. The van der Waals surface area contributed by atoms with Crippen LogP contribution < -0.4 is 5.32 Å². The van der Waals surface area contributed by atoms with Crippen LogP contribution in [0.2, 0.25) is 0 Å². The van der Waals surface area contributed by atoms with Crippen LogP contribution in [0.4, 0.5) is 13.2 Å². The molecule has 0 radical (unpaired) electrons. The minimum absolute atomic E-state index is 0.132. The molecule has 2 rings (SSSR count). The Balaban J connectivity index is 2.02. The molecule has 0 bridgehead atoms. The van der Waals surface area contributed by atoms with Crippen LogP contribution >= 0.6 is 0 Å². The normalized spacial score (nSPS) is 17.9. The number of rotatable bonds is 5. The van der Waals surface area contributed by atoms with Crippen molar-refractivity contribution >= 4 is 0 Å². The minimum atomic E-state index is -4.32. The van der Waals surface area contributed by atoms with Crippen molar-refractivity contribution in [2.24, 2.45) is 5.92 Å². The summed E-state index contributed by atoms with van der Waals surface area (Å²) < 4.78 is 38.4. The first-order valence-electron chi connectivity index (χ1n) is 7.21. The van der Waals surface area contributed by atoms with E-state index in [2.05, 4.69) is 17.2 Å². The Hall–Kier alpha value is -1.10. The molecule has 0 amide bonds. The summed E-state index contributed by atoms with van der Waals surface area (Å²) >= 11 is 0. The number of hydrogen-bond acceptors (Lipinski definition) is 2. The van der Waals surface area contributed by atoms with Crippen molar-refractivity contribution in [3.63, 3.8) is 0 Å². The Morgan fingerprint density at radius 2 is 2.05 bits per heavy atom. The first-order chi connectivity index (χ1) is 9.41. The van der Waals surface area contributed by atoms with Gasteiger partial charge in [-0.15, -0.1) is 0 Å². The Kier molecular flexibility index (Phi) is 4.68. The molecule has 1 fully saturated rings. The lowest BCUT2D eigenvalue weighted by atomic mass is 9.80. The van der Waals surface area contributed by atoms with Gasteiger partial charge in [0.25, 0.3) is 0 Å². The second-order valence-electron chi connectivity index (χ2n) is 5.51. The predicted octanol–water partition coefficient (Wildman–Crippen LogP) is 3.94. The summed E-state index contributed by atoms with van der Waals surface area (Å²) in [5.41, 5.74) is 0.199. The van der Waals surface area contributed by atoms with Crippen molar-refractivity contribution in [1.82, 2.24) is 10.3 Å². The monoisotopic (exact) mass is 286 g/mol. The number of nitrogens with one attached hydrogen (secondary N) is 1. The number of nitrogens with zero attached hydrogens (tertiary/aromatic N) is 1. The standard InChI is InChI=1S/C15H21F3N2/c1-3-14-13(15(16,17)18)8-7-12(20-14)9-19-10(2)11-5-4-6-11/h7-8,10-11,19H,3-6,9H2,1-2H3/t10-/m0/s1. The fourth-order valence-electron chi connectivity index (χ4n) is 2.54. The fourth-order valence-corrected chi connectivity index (χ4v) is 2.54. The molecule has 2 nitrogen and oxygen atoms in total. The highest BCUT2D eigenvalue weighted by molar-refractivity contribution is 5.26. The maximum atomic E-state index is 12.8. The summed E-state index contributed by atoms with van der Waals surface area (Å²) in [6.07, 6.45) is -0.247. The van der Waals surface area contributed by atoms with Crippen LogP contribution in [0.3, 0.4) is 0 Å². The number of aromatic nitrogens is 1. The van der Waals surface area contributed by atoms with Gasteiger partial charge in [0.05, 0.1) is 17.0 Å². The third-order valence-corrected chi connectivity index (χ3v) is 4.13. The number of aryl methyl sites for hydroxylation is 1. The molecular formula is C15H21F3N2. The van der Waals surface area contributed by atoms with Crippen molar-refractivity contribution in [2.75, 3.05) is 0 Å². The van der Waals surface area contributed by atoms with Gasteiger partial charge in [-0.3, -0.25) is 4.98 Å². The maximum absolute atomic E-state index is 12.8. The molecular weight excluding hydrogens is 265 g/mol. The number of hydrogen-bond donors (Lipinski definition) is 1. The lowest BCUT2D eigenvalue weighted by Crippen LogP contribution is -2.36. The topological polar surface area (TPSA) is 24.9 Å². The molecule has 0 aliphatic heterocycles. The summed E-state index contributed by atoms with van der Waals surface area (Å²) in [6, 6.07) is 3.03.